The number of anilines is 1. The monoisotopic (exact) mass is 314 g/mol. The summed E-state index contributed by atoms with van der Waals surface area (Å²) < 4.78 is 14.2. The molecule has 1 fully saturated rings. The number of halogens is 2. The van der Waals surface area contributed by atoms with E-state index in [4.69, 9.17) is 5.73 Å². The van der Waals surface area contributed by atoms with E-state index in [2.05, 4.69) is 34.7 Å². The normalized spacial score (nSPS) is 28.6. The molecular formula is C14H20BrFN2. The van der Waals surface area contributed by atoms with Gasteiger partial charge in [0.05, 0.1) is 4.47 Å². The summed E-state index contributed by atoms with van der Waals surface area (Å²) in [6, 6.07) is 4.06. The van der Waals surface area contributed by atoms with Gasteiger partial charge in [0.15, 0.2) is 0 Å². The van der Waals surface area contributed by atoms with E-state index in [-0.39, 0.29) is 11.9 Å². The molecule has 0 spiro atoms. The predicted molar refractivity (Wildman–Crippen MR) is 77.4 cm³/mol. The van der Waals surface area contributed by atoms with Crippen LogP contribution in [0, 0.1) is 18.7 Å². The van der Waals surface area contributed by atoms with Crippen LogP contribution in [0.3, 0.4) is 0 Å². The van der Waals surface area contributed by atoms with Crippen molar-refractivity contribution in [2.24, 2.45) is 11.7 Å². The molecule has 0 aliphatic carbocycles. The van der Waals surface area contributed by atoms with Crippen molar-refractivity contribution in [3.05, 3.63) is 28.0 Å². The third-order valence-electron chi connectivity index (χ3n) is 4.18. The van der Waals surface area contributed by atoms with E-state index in [1.807, 2.05) is 13.0 Å². The highest BCUT2D eigenvalue weighted by atomic mass is 79.9. The molecule has 1 aromatic carbocycles. The Hall–Kier alpha value is -0.610. The van der Waals surface area contributed by atoms with E-state index in [9.17, 15) is 4.39 Å². The Morgan fingerprint density at radius 1 is 1.39 bits per heavy atom. The molecule has 2 N–H and O–H groups in total. The average molecular weight is 315 g/mol. The summed E-state index contributed by atoms with van der Waals surface area (Å²) in [4.78, 5) is 2.28. The van der Waals surface area contributed by atoms with Crippen molar-refractivity contribution in [3.8, 4) is 0 Å². The number of aryl methyl sites for hydroxylation is 1. The maximum atomic E-state index is 13.7. The fourth-order valence-electron chi connectivity index (χ4n) is 2.68. The summed E-state index contributed by atoms with van der Waals surface area (Å²) in [6.45, 7) is 7.26. The van der Waals surface area contributed by atoms with Gasteiger partial charge in [-0.3, -0.25) is 0 Å². The van der Waals surface area contributed by atoms with E-state index >= 15 is 0 Å². The van der Waals surface area contributed by atoms with Gasteiger partial charge in [-0.2, -0.15) is 0 Å². The molecule has 2 rings (SSSR count). The maximum Gasteiger partial charge on any atom is 0.139 e. The zero-order valence-corrected chi connectivity index (χ0v) is 12.7. The molecule has 1 aliphatic heterocycles. The minimum Gasteiger partial charge on any atom is -0.368 e. The van der Waals surface area contributed by atoms with E-state index < -0.39 is 0 Å². The number of nitrogens with two attached hydrogens (primary N) is 1. The number of piperidine rings is 1. The average Bonchev–Trinajstić information content (AvgIpc) is 2.32. The van der Waals surface area contributed by atoms with Crippen LogP contribution in [-0.4, -0.2) is 18.6 Å². The maximum absolute atomic E-state index is 13.7. The molecule has 0 bridgehead atoms. The second-order valence-electron chi connectivity index (χ2n) is 5.30. The summed E-state index contributed by atoms with van der Waals surface area (Å²) >= 11 is 3.23. The van der Waals surface area contributed by atoms with Gasteiger partial charge in [0.25, 0.3) is 0 Å². The van der Waals surface area contributed by atoms with Crippen LogP contribution in [0.2, 0.25) is 0 Å². The second-order valence-corrected chi connectivity index (χ2v) is 6.15. The van der Waals surface area contributed by atoms with Gasteiger partial charge < -0.3 is 10.6 Å². The second kappa shape index (κ2) is 5.17. The highest BCUT2D eigenvalue weighted by Gasteiger charge is 2.31. The third-order valence-corrected chi connectivity index (χ3v) is 4.79. The molecule has 1 aromatic rings. The van der Waals surface area contributed by atoms with E-state index in [0.29, 0.717) is 16.4 Å². The smallest absolute Gasteiger partial charge is 0.139 e. The first kappa shape index (κ1) is 13.8. The van der Waals surface area contributed by atoms with Gasteiger partial charge in [0.1, 0.15) is 5.82 Å². The molecule has 0 radical (unpaired) electrons. The summed E-state index contributed by atoms with van der Waals surface area (Å²) in [7, 11) is 0. The lowest BCUT2D eigenvalue weighted by atomic mass is 9.87. The van der Waals surface area contributed by atoms with Crippen LogP contribution >= 0.6 is 15.9 Å². The topological polar surface area (TPSA) is 29.3 Å². The molecule has 0 amide bonds. The zero-order chi connectivity index (χ0) is 13.4. The number of rotatable bonds is 1. The first-order chi connectivity index (χ1) is 8.41. The van der Waals surface area contributed by atoms with Crippen LogP contribution in [0.1, 0.15) is 25.8 Å². The van der Waals surface area contributed by atoms with Crippen molar-refractivity contribution in [3.63, 3.8) is 0 Å². The lowest BCUT2D eigenvalue weighted by Crippen LogP contribution is -2.52. The minimum atomic E-state index is -0.203. The van der Waals surface area contributed by atoms with Crippen LogP contribution in [0.15, 0.2) is 16.6 Å². The predicted octanol–water partition coefficient (Wildman–Crippen LogP) is 3.46. The SMILES string of the molecule is Cc1cc(Br)c(F)cc1N1CCC(N)C(C)C1C. The largest absolute Gasteiger partial charge is 0.368 e. The quantitative estimate of drug-likeness (QED) is 0.860. The van der Waals surface area contributed by atoms with Crippen LogP contribution in [0.5, 0.6) is 0 Å². The lowest BCUT2D eigenvalue weighted by Gasteiger charge is -2.43. The highest BCUT2D eigenvalue weighted by molar-refractivity contribution is 9.10. The number of hydrogen-bond donors (Lipinski definition) is 1. The van der Waals surface area contributed by atoms with E-state index in [1.165, 1.54) is 0 Å². The van der Waals surface area contributed by atoms with Crippen LogP contribution in [0.25, 0.3) is 0 Å². The van der Waals surface area contributed by atoms with Crippen LogP contribution in [0.4, 0.5) is 10.1 Å². The molecule has 2 nitrogen and oxygen atoms in total. The van der Waals surface area contributed by atoms with E-state index in [0.717, 1.165) is 24.2 Å². The third kappa shape index (κ3) is 2.41. The Balaban J connectivity index is 2.34. The van der Waals surface area contributed by atoms with Crippen LogP contribution in [-0.2, 0) is 0 Å². The van der Waals surface area contributed by atoms with Gasteiger partial charge in [-0.25, -0.2) is 4.39 Å². The zero-order valence-electron chi connectivity index (χ0n) is 11.1. The molecule has 4 heteroatoms. The van der Waals surface area contributed by atoms with Gasteiger partial charge in [0, 0.05) is 24.3 Å². The first-order valence-corrected chi connectivity index (χ1v) is 7.19. The van der Waals surface area contributed by atoms with Gasteiger partial charge in [-0.05, 0) is 59.8 Å². The molecule has 0 aromatic heterocycles. The Kier molecular flexibility index (Phi) is 3.97. The van der Waals surface area contributed by atoms with Gasteiger partial charge in [0.2, 0.25) is 0 Å². The highest BCUT2D eigenvalue weighted by Crippen LogP contribution is 2.32. The Morgan fingerprint density at radius 2 is 2.06 bits per heavy atom. The summed E-state index contributed by atoms with van der Waals surface area (Å²) in [5.74, 6) is 0.218. The van der Waals surface area contributed by atoms with Crippen molar-refractivity contribution < 1.29 is 4.39 Å². The summed E-state index contributed by atoms with van der Waals surface area (Å²) in [5, 5.41) is 0. The summed E-state index contributed by atoms with van der Waals surface area (Å²) in [5.41, 5.74) is 8.18. The molecule has 1 heterocycles. The standard InChI is InChI=1S/C14H20BrFN2/c1-8-6-11(15)12(16)7-14(8)18-5-4-13(17)9(2)10(18)3/h6-7,9-10,13H,4-5,17H2,1-3H3. The van der Waals surface area contributed by atoms with Crippen molar-refractivity contribution in [1.82, 2.24) is 0 Å². The Bertz CT molecular complexity index is 450. The van der Waals surface area contributed by atoms with Crippen molar-refractivity contribution in [2.45, 2.75) is 39.3 Å². The van der Waals surface area contributed by atoms with Gasteiger partial charge in [-0.1, -0.05) is 6.92 Å². The molecule has 1 saturated heterocycles. The molecule has 1 aliphatic rings. The first-order valence-electron chi connectivity index (χ1n) is 6.39. The molecule has 18 heavy (non-hydrogen) atoms. The minimum absolute atomic E-state index is 0.203. The van der Waals surface area contributed by atoms with Gasteiger partial charge in [-0.15, -0.1) is 0 Å². The van der Waals surface area contributed by atoms with Crippen molar-refractivity contribution in [1.29, 1.82) is 0 Å². The number of nitrogens with zero attached hydrogens (tertiary/aromatic N) is 1. The summed E-state index contributed by atoms with van der Waals surface area (Å²) in [6.07, 6.45) is 0.961. The molecule has 0 saturated carbocycles. The lowest BCUT2D eigenvalue weighted by molar-refractivity contribution is 0.315. The molecule has 3 unspecified atom stereocenters. The fraction of sp³-hybridized carbons (Fsp3) is 0.571. The fourth-order valence-corrected chi connectivity index (χ4v) is 3.14. The Labute approximate surface area is 116 Å². The van der Waals surface area contributed by atoms with Crippen molar-refractivity contribution >= 4 is 21.6 Å². The Morgan fingerprint density at radius 3 is 2.72 bits per heavy atom. The van der Waals surface area contributed by atoms with Crippen LogP contribution < -0.4 is 10.6 Å². The number of benzene rings is 1. The molecular weight excluding hydrogens is 295 g/mol. The molecule has 3 atom stereocenters. The van der Waals surface area contributed by atoms with E-state index in [1.54, 1.807) is 6.07 Å². The molecule has 100 valence electrons. The van der Waals surface area contributed by atoms with Crippen molar-refractivity contribution in [2.75, 3.05) is 11.4 Å². The number of hydrogen-bond acceptors (Lipinski definition) is 2. The van der Waals surface area contributed by atoms with Gasteiger partial charge >= 0.3 is 0 Å².